The molecule has 0 bridgehead atoms. The van der Waals surface area contributed by atoms with Crippen LogP contribution in [0.1, 0.15) is 185 Å². The maximum absolute atomic E-state index is 2.74. The van der Waals surface area contributed by atoms with Crippen molar-refractivity contribution in [2.45, 2.75) is 181 Å². The largest absolute Gasteiger partial charge is 0.311 e. The van der Waals surface area contributed by atoms with Gasteiger partial charge in [0.05, 0.1) is 0 Å². The van der Waals surface area contributed by atoms with Crippen molar-refractivity contribution in [3.8, 4) is 0 Å². The van der Waals surface area contributed by atoms with Crippen LogP contribution in [0.3, 0.4) is 0 Å². The van der Waals surface area contributed by atoms with Gasteiger partial charge in [-0.15, -0.1) is 0 Å². The van der Waals surface area contributed by atoms with Gasteiger partial charge in [0.2, 0.25) is 0 Å². The van der Waals surface area contributed by atoms with Gasteiger partial charge in [0, 0.05) is 39.5 Å². The van der Waals surface area contributed by atoms with Gasteiger partial charge in [0.1, 0.15) is 0 Å². The molecule has 2 heterocycles. The summed E-state index contributed by atoms with van der Waals surface area (Å²) in [6.45, 7) is 39.3. The summed E-state index contributed by atoms with van der Waals surface area (Å²) in [5.41, 5.74) is 26.8. The molecule has 3 aliphatic carbocycles. The lowest BCUT2D eigenvalue weighted by atomic mass is 9.33. The molecule has 6 aromatic rings. The number of anilines is 6. The van der Waals surface area contributed by atoms with Crippen molar-refractivity contribution in [2.75, 3.05) is 9.80 Å². The van der Waals surface area contributed by atoms with E-state index in [9.17, 15) is 0 Å². The summed E-state index contributed by atoms with van der Waals surface area (Å²) in [7, 11) is 0. The summed E-state index contributed by atoms with van der Waals surface area (Å²) in [6, 6.07) is 41.8. The standard InChI is InChI=1S/C64H75BN2/c1-39-30-55-57-56(31-39)67(52-36-48-45(32-40(52)2)59(5,6)28-29-61(48,9)10)54-37-49-47(62(11,12)38-63(49,13)14)35-51(54)65(57)50-25-22-42(64(15,16)41-20-18-17-19-21-41)33-53(50)66(55)43-23-24-44-46(34-43)60(7,8)27-26-58(44,3)4/h17-25,30-37H,26-29,38H2,1-16H3. The molecule has 0 fully saturated rings. The van der Waals surface area contributed by atoms with Crippen LogP contribution in [-0.2, 0) is 37.9 Å². The first kappa shape index (κ1) is 44.5. The lowest BCUT2D eigenvalue weighted by Crippen LogP contribution is -2.61. The Hall–Kier alpha value is -5.02. The number of nitrogens with zero attached hydrogens (tertiary/aromatic N) is 2. The number of fused-ring (bicyclic) bond motifs is 7. The highest BCUT2D eigenvalue weighted by Crippen LogP contribution is 2.55. The molecular weight excluding hydrogens is 808 g/mol. The Morgan fingerprint density at radius 2 is 0.925 bits per heavy atom. The zero-order chi connectivity index (χ0) is 47.8. The van der Waals surface area contributed by atoms with Crippen molar-refractivity contribution >= 4 is 57.2 Å². The maximum atomic E-state index is 2.74. The number of benzene rings is 6. The van der Waals surface area contributed by atoms with Gasteiger partial charge in [0.15, 0.2) is 0 Å². The van der Waals surface area contributed by atoms with Gasteiger partial charge >= 0.3 is 0 Å². The molecule has 3 heteroatoms. The molecule has 11 rings (SSSR count). The average molecular weight is 883 g/mol. The lowest BCUT2D eigenvalue weighted by Gasteiger charge is -2.47. The van der Waals surface area contributed by atoms with E-state index in [1.165, 1.54) is 132 Å². The predicted octanol–water partition coefficient (Wildman–Crippen LogP) is 15.4. The quantitative estimate of drug-likeness (QED) is 0.163. The molecule has 6 aromatic carbocycles. The Bertz CT molecular complexity index is 3060. The molecule has 0 saturated carbocycles. The molecule has 0 spiro atoms. The third-order valence-electron chi connectivity index (χ3n) is 18.4. The fourth-order valence-corrected chi connectivity index (χ4v) is 14.2. The summed E-state index contributed by atoms with van der Waals surface area (Å²) in [6.07, 6.45) is 5.91. The highest BCUT2D eigenvalue weighted by molar-refractivity contribution is 7.00. The molecule has 344 valence electrons. The molecule has 0 radical (unpaired) electrons. The van der Waals surface area contributed by atoms with Crippen molar-refractivity contribution < 1.29 is 0 Å². The third kappa shape index (κ3) is 6.48. The summed E-state index contributed by atoms with van der Waals surface area (Å²) >= 11 is 0. The van der Waals surface area contributed by atoms with Crippen molar-refractivity contribution in [3.63, 3.8) is 0 Å². The second-order valence-corrected chi connectivity index (χ2v) is 26.4. The Morgan fingerprint density at radius 3 is 1.55 bits per heavy atom. The van der Waals surface area contributed by atoms with Crippen molar-refractivity contribution in [2.24, 2.45) is 0 Å². The Labute approximate surface area is 404 Å². The number of hydrogen-bond donors (Lipinski definition) is 0. The van der Waals surface area contributed by atoms with E-state index in [0.717, 1.165) is 6.42 Å². The van der Waals surface area contributed by atoms with Crippen LogP contribution in [0.15, 0.2) is 103 Å². The lowest BCUT2D eigenvalue weighted by molar-refractivity contribution is 0.332. The molecule has 0 saturated heterocycles. The fraction of sp³-hybridized carbons (Fsp3) is 0.438. The first-order valence-corrected chi connectivity index (χ1v) is 25.7. The van der Waals surface area contributed by atoms with Gasteiger partial charge in [0.25, 0.3) is 6.71 Å². The molecular formula is C64H75BN2. The molecule has 0 amide bonds. The average Bonchev–Trinajstić information content (AvgIpc) is 3.44. The predicted molar refractivity (Wildman–Crippen MR) is 290 cm³/mol. The van der Waals surface area contributed by atoms with Gasteiger partial charge in [-0.05, 0) is 193 Å². The van der Waals surface area contributed by atoms with Gasteiger partial charge in [-0.1, -0.05) is 158 Å². The van der Waals surface area contributed by atoms with Crippen LogP contribution in [0.25, 0.3) is 0 Å². The minimum Gasteiger partial charge on any atom is -0.311 e. The topological polar surface area (TPSA) is 6.48 Å². The van der Waals surface area contributed by atoms with Crippen LogP contribution in [0.4, 0.5) is 34.1 Å². The Morgan fingerprint density at radius 1 is 0.418 bits per heavy atom. The Kier molecular flexibility index (Phi) is 9.33. The molecule has 2 nitrogen and oxygen atoms in total. The summed E-state index contributed by atoms with van der Waals surface area (Å²) in [5.74, 6) is 0. The molecule has 2 aliphatic heterocycles. The zero-order valence-electron chi connectivity index (χ0n) is 43.8. The zero-order valence-corrected chi connectivity index (χ0v) is 43.8. The minimum absolute atomic E-state index is 0.0580. The second kappa shape index (κ2) is 14.0. The van der Waals surface area contributed by atoms with Crippen LogP contribution in [0.2, 0.25) is 0 Å². The Balaban J connectivity index is 1.25. The van der Waals surface area contributed by atoms with Crippen molar-refractivity contribution in [1.29, 1.82) is 0 Å². The number of hydrogen-bond acceptors (Lipinski definition) is 2. The SMILES string of the molecule is Cc1cc2c3c(c1)N(c1cc4c(cc1C)C(C)(C)CCC4(C)C)c1cc4c(cc1B3c1ccc(C(C)(C)c3ccccc3)cc1N2c1ccc2c(c1)C(C)(C)CCC2(C)C)C(C)(C)CC4(C)C. The monoisotopic (exact) mass is 883 g/mol. The highest BCUT2D eigenvalue weighted by atomic mass is 15.2. The fourth-order valence-electron chi connectivity index (χ4n) is 14.2. The van der Waals surface area contributed by atoms with Crippen LogP contribution < -0.4 is 26.2 Å². The molecule has 5 aliphatic rings. The van der Waals surface area contributed by atoms with Gasteiger partial charge in [-0.3, -0.25) is 0 Å². The minimum atomic E-state index is -0.202. The molecule has 0 aromatic heterocycles. The molecule has 67 heavy (non-hydrogen) atoms. The van der Waals surface area contributed by atoms with E-state index in [-0.39, 0.29) is 44.6 Å². The number of aryl methyl sites for hydroxylation is 2. The van der Waals surface area contributed by atoms with Crippen LogP contribution >= 0.6 is 0 Å². The smallest absolute Gasteiger partial charge is 0.252 e. The van der Waals surface area contributed by atoms with Crippen molar-refractivity contribution in [3.05, 3.63) is 159 Å². The van der Waals surface area contributed by atoms with Gasteiger partial charge < -0.3 is 9.80 Å². The van der Waals surface area contributed by atoms with E-state index in [2.05, 4.69) is 224 Å². The van der Waals surface area contributed by atoms with Crippen LogP contribution in [0.5, 0.6) is 0 Å². The second-order valence-electron chi connectivity index (χ2n) is 26.4. The van der Waals surface area contributed by atoms with Crippen LogP contribution in [0, 0.1) is 13.8 Å². The first-order chi connectivity index (χ1) is 31.2. The first-order valence-electron chi connectivity index (χ1n) is 25.7. The maximum Gasteiger partial charge on any atom is 0.252 e. The van der Waals surface area contributed by atoms with E-state index < -0.39 is 0 Å². The van der Waals surface area contributed by atoms with E-state index >= 15 is 0 Å². The molecule has 0 N–H and O–H groups in total. The summed E-state index contributed by atoms with van der Waals surface area (Å²) in [5, 5.41) is 0. The normalized spacial score (nSPS) is 20.6. The summed E-state index contributed by atoms with van der Waals surface area (Å²) in [4.78, 5) is 5.43. The molecule has 0 unspecified atom stereocenters. The van der Waals surface area contributed by atoms with E-state index in [0.29, 0.717) is 0 Å². The van der Waals surface area contributed by atoms with E-state index in [4.69, 9.17) is 0 Å². The van der Waals surface area contributed by atoms with E-state index in [1.807, 2.05) is 0 Å². The number of rotatable bonds is 4. The van der Waals surface area contributed by atoms with Crippen molar-refractivity contribution in [1.82, 2.24) is 0 Å². The third-order valence-corrected chi connectivity index (χ3v) is 18.4. The van der Waals surface area contributed by atoms with Gasteiger partial charge in [-0.2, -0.15) is 0 Å². The van der Waals surface area contributed by atoms with Gasteiger partial charge in [-0.25, -0.2) is 0 Å². The van der Waals surface area contributed by atoms with E-state index in [1.54, 1.807) is 0 Å². The molecule has 0 atom stereocenters. The summed E-state index contributed by atoms with van der Waals surface area (Å²) < 4.78 is 0. The van der Waals surface area contributed by atoms with Crippen LogP contribution in [-0.4, -0.2) is 6.71 Å². The highest BCUT2D eigenvalue weighted by Gasteiger charge is 2.49.